The highest BCUT2D eigenvalue weighted by molar-refractivity contribution is 5.92. The zero-order valence-electron chi connectivity index (χ0n) is 17.8. The number of carbonyl (C=O) groups excluding carboxylic acids is 1. The summed E-state index contributed by atoms with van der Waals surface area (Å²) in [6.07, 6.45) is 0.622. The monoisotopic (exact) mass is 425 g/mol. The number of nitrogens with one attached hydrogen (secondary N) is 1. The lowest BCUT2D eigenvalue weighted by Gasteiger charge is -2.12. The number of nitrogens with zero attached hydrogens (tertiary/aromatic N) is 2. The smallest absolute Gasteiger partial charge is 0.236 e. The zero-order valence-corrected chi connectivity index (χ0v) is 17.8. The number of hydrogen-bond acceptors (Lipinski definition) is 5. The van der Waals surface area contributed by atoms with Crippen molar-refractivity contribution in [2.75, 3.05) is 12.4 Å². The van der Waals surface area contributed by atoms with Crippen molar-refractivity contribution in [2.24, 2.45) is 0 Å². The number of rotatable bonds is 7. The summed E-state index contributed by atoms with van der Waals surface area (Å²) in [7, 11) is 1.60. The van der Waals surface area contributed by atoms with Crippen LogP contribution < -0.4 is 10.1 Å². The van der Waals surface area contributed by atoms with Crippen LogP contribution >= 0.6 is 0 Å². The summed E-state index contributed by atoms with van der Waals surface area (Å²) in [5, 5.41) is 18.4. The van der Waals surface area contributed by atoms with Gasteiger partial charge in [0.1, 0.15) is 17.3 Å². The Balaban J connectivity index is 1.84. The Morgan fingerprint density at radius 2 is 1.53 bits per heavy atom. The number of hydrogen-bond donors (Lipinski definition) is 2. The molecular weight excluding hydrogens is 402 g/mol. The highest BCUT2D eigenvalue weighted by Crippen LogP contribution is 2.38. The molecule has 3 aromatic carbocycles. The van der Waals surface area contributed by atoms with E-state index in [2.05, 4.69) is 10.4 Å². The molecule has 6 heteroatoms. The minimum atomic E-state index is -0.0741. The second-order valence-electron chi connectivity index (χ2n) is 7.18. The average molecular weight is 425 g/mol. The average Bonchev–Trinajstić information content (AvgIpc) is 3.22. The number of aliphatic hydroxyl groups excluding tert-OH is 1. The van der Waals surface area contributed by atoms with Gasteiger partial charge in [-0.25, -0.2) is 0 Å². The zero-order chi connectivity index (χ0) is 22.5. The fourth-order valence-electron chi connectivity index (χ4n) is 3.49. The molecular formula is C26H23N3O3. The summed E-state index contributed by atoms with van der Waals surface area (Å²) in [6, 6.07) is 26.7. The second kappa shape index (κ2) is 9.22. The Bertz CT molecular complexity index is 1240. The van der Waals surface area contributed by atoms with Crippen LogP contribution in [0.2, 0.25) is 0 Å². The van der Waals surface area contributed by atoms with Gasteiger partial charge in [0.05, 0.1) is 12.7 Å². The van der Waals surface area contributed by atoms with Gasteiger partial charge >= 0.3 is 0 Å². The van der Waals surface area contributed by atoms with E-state index in [-0.39, 0.29) is 5.88 Å². The summed E-state index contributed by atoms with van der Waals surface area (Å²) in [6.45, 7) is 1.80. The quantitative estimate of drug-likeness (QED) is 0.297. The number of carbonyl (C=O) groups is 1. The van der Waals surface area contributed by atoms with Crippen molar-refractivity contribution in [2.45, 2.75) is 6.92 Å². The van der Waals surface area contributed by atoms with Crippen LogP contribution in [0.1, 0.15) is 12.5 Å². The minimum Gasteiger partial charge on any atom is -0.497 e. The van der Waals surface area contributed by atoms with E-state index in [1.165, 1.54) is 4.68 Å². The lowest BCUT2D eigenvalue weighted by molar-refractivity contribution is 0.414. The number of ether oxygens (including phenoxy) is 1. The van der Waals surface area contributed by atoms with E-state index >= 15 is 0 Å². The molecule has 0 unspecified atom stereocenters. The molecule has 2 N–H and O–H groups in total. The van der Waals surface area contributed by atoms with Gasteiger partial charge in [-0.3, -0.25) is 4.79 Å². The summed E-state index contributed by atoms with van der Waals surface area (Å²) < 4.78 is 6.41. The van der Waals surface area contributed by atoms with Crippen LogP contribution in [0.4, 0.5) is 5.82 Å². The number of anilines is 1. The molecule has 160 valence electrons. The van der Waals surface area contributed by atoms with Gasteiger partial charge in [-0.1, -0.05) is 72.8 Å². The topological polar surface area (TPSA) is 76.4 Å². The summed E-state index contributed by atoms with van der Waals surface area (Å²) in [5.74, 6) is 1.04. The van der Waals surface area contributed by atoms with E-state index in [0.29, 0.717) is 23.5 Å². The molecule has 0 radical (unpaired) electrons. The molecule has 0 aliphatic heterocycles. The van der Waals surface area contributed by atoms with Gasteiger partial charge in [0.2, 0.25) is 6.41 Å². The SMILES string of the molecule is COc1ccc(/C(C)=C(\O)Nc2c(-c3ccccc3)c(-c3ccccc3)nn2C=O)cc1. The van der Waals surface area contributed by atoms with Crippen molar-refractivity contribution in [3.05, 3.63) is 96.4 Å². The van der Waals surface area contributed by atoms with Gasteiger partial charge < -0.3 is 15.2 Å². The van der Waals surface area contributed by atoms with Crippen molar-refractivity contribution < 1.29 is 14.6 Å². The number of methoxy groups -OCH3 is 1. The predicted molar refractivity (Wildman–Crippen MR) is 127 cm³/mol. The largest absolute Gasteiger partial charge is 0.497 e. The Labute approximate surface area is 186 Å². The first-order chi connectivity index (χ1) is 15.6. The number of aromatic nitrogens is 2. The molecule has 6 nitrogen and oxygen atoms in total. The van der Waals surface area contributed by atoms with E-state index in [0.717, 1.165) is 28.0 Å². The van der Waals surface area contributed by atoms with Crippen molar-refractivity contribution in [3.8, 4) is 28.1 Å². The molecule has 0 aliphatic carbocycles. The third kappa shape index (κ3) is 4.11. The number of allylic oxidation sites excluding steroid dienone is 1. The predicted octanol–water partition coefficient (Wildman–Crippen LogP) is 5.62. The molecule has 4 aromatic rings. The van der Waals surface area contributed by atoms with E-state index in [4.69, 9.17) is 4.74 Å². The van der Waals surface area contributed by atoms with Gasteiger partial charge in [0.25, 0.3) is 0 Å². The Kier molecular flexibility index (Phi) is 6.03. The van der Waals surface area contributed by atoms with Crippen LogP contribution in [0.3, 0.4) is 0 Å². The highest BCUT2D eigenvalue weighted by atomic mass is 16.5. The van der Waals surface area contributed by atoms with E-state index in [9.17, 15) is 9.90 Å². The third-order valence-electron chi connectivity index (χ3n) is 5.24. The minimum absolute atomic E-state index is 0.0741. The van der Waals surface area contributed by atoms with Gasteiger partial charge in [0, 0.05) is 11.1 Å². The summed E-state index contributed by atoms with van der Waals surface area (Å²) in [4.78, 5) is 11.9. The van der Waals surface area contributed by atoms with Crippen molar-refractivity contribution in [1.82, 2.24) is 9.78 Å². The van der Waals surface area contributed by atoms with Crippen molar-refractivity contribution in [1.29, 1.82) is 0 Å². The maximum absolute atomic E-state index is 11.9. The normalized spacial score (nSPS) is 11.6. The van der Waals surface area contributed by atoms with Crippen LogP contribution in [-0.4, -0.2) is 28.4 Å². The first-order valence-corrected chi connectivity index (χ1v) is 10.1. The molecule has 0 bridgehead atoms. The molecule has 0 saturated carbocycles. The second-order valence-corrected chi connectivity index (χ2v) is 7.18. The van der Waals surface area contributed by atoms with Gasteiger partial charge in [-0.15, -0.1) is 0 Å². The molecule has 32 heavy (non-hydrogen) atoms. The Morgan fingerprint density at radius 1 is 0.938 bits per heavy atom. The number of aliphatic hydroxyl groups is 1. The van der Waals surface area contributed by atoms with E-state index in [1.807, 2.05) is 84.9 Å². The highest BCUT2D eigenvalue weighted by Gasteiger charge is 2.22. The molecule has 0 spiro atoms. The van der Waals surface area contributed by atoms with Gasteiger partial charge in [0.15, 0.2) is 5.88 Å². The molecule has 0 amide bonds. The van der Waals surface area contributed by atoms with Gasteiger partial charge in [-0.05, 0) is 30.2 Å². The molecule has 4 rings (SSSR count). The van der Waals surface area contributed by atoms with Crippen LogP contribution in [0.25, 0.3) is 28.0 Å². The first kappa shape index (κ1) is 20.9. The maximum Gasteiger partial charge on any atom is 0.236 e. The Morgan fingerprint density at radius 3 is 2.09 bits per heavy atom. The lowest BCUT2D eigenvalue weighted by Crippen LogP contribution is -2.09. The fourth-order valence-corrected chi connectivity index (χ4v) is 3.49. The molecule has 0 saturated heterocycles. The number of benzene rings is 3. The first-order valence-electron chi connectivity index (χ1n) is 10.1. The van der Waals surface area contributed by atoms with Crippen LogP contribution in [0, 0.1) is 0 Å². The van der Waals surface area contributed by atoms with Crippen LogP contribution in [-0.2, 0) is 4.79 Å². The van der Waals surface area contributed by atoms with Crippen LogP contribution in [0.5, 0.6) is 5.75 Å². The molecule has 0 atom stereocenters. The standard InChI is InChI=1S/C26H23N3O3/c1-18(19-13-15-22(32-2)16-14-19)26(31)27-25-23(20-9-5-3-6-10-20)24(28-29(25)17-30)21-11-7-4-8-12-21/h3-17,27,31H,1-2H3/b26-18-. The lowest BCUT2D eigenvalue weighted by atomic mass is 10.0. The fraction of sp³-hybridized carbons (Fsp3) is 0.0769. The van der Waals surface area contributed by atoms with E-state index in [1.54, 1.807) is 14.0 Å². The summed E-state index contributed by atoms with van der Waals surface area (Å²) >= 11 is 0. The third-order valence-corrected chi connectivity index (χ3v) is 5.24. The van der Waals surface area contributed by atoms with Gasteiger partial charge in [-0.2, -0.15) is 9.78 Å². The molecule has 1 aromatic heterocycles. The van der Waals surface area contributed by atoms with Crippen LogP contribution in [0.15, 0.2) is 90.8 Å². The summed E-state index contributed by atoms with van der Waals surface area (Å²) in [5.41, 5.74) is 4.53. The van der Waals surface area contributed by atoms with E-state index < -0.39 is 0 Å². The Hall–Kier alpha value is -4.32. The van der Waals surface area contributed by atoms with Crippen molar-refractivity contribution >= 4 is 17.8 Å². The molecule has 1 heterocycles. The van der Waals surface area contributed by atoms with Crippen molar-refractivity contribution in [3.63, 3.8) is 0 Å². The molecule has 0 aliphatic rings. The molecule has 0 fully saturated rings. The maximum atomic E-state index is 11.9.